The van der Waals surface area contributed by atoms with Crippen molar-refractivity contribution in [2.45, 2.75) is 51.2 Å². The first kappa shape index (κ1) is 15.7. The topological polar surface area (TPSA) is 64.6 Å². The molecule has 0 aromatic heterocycles. The van der Waals surface area contributed by atoms with Gasteiger partial charge in [0.1, 0.15) is 0 Å². The monoisotopic (exact) mass is 283 g/mol. The first-order valence-corrected chi connectivity index (χ1v) is 8.06. The summed E-state index contributed by atoms with van der Waals surface area (Å²) in [4.78, 5) is 14.4. The fourth-order valence-corrected chi connectivity index (χ4v) is 3.20. The maximum absolute atomic E-state index is 11.8. The number of aliphatic hydroxyl groups excluding tert-OH is 1. The van der Waals surface area contributed by atoms with E-state index in [9.17, 15) is 9.90 Å². The van der Waals surface area contributed by atoms with Crippen LogP contribution in [-0.2, 0) is 4.79 Å². The van der Waals surface area contributed by atoms with Crippen LogP contribution in [0.15, 0.2) is 0 Å². The van der Waals surface area contributed by atoms with Gasteiger partial charge in [0, 0.05) is 19.6 Å². The largest absolute Gasteiger partial charge is 0.392 e. The molecular formula is C15H29N3O2. The highest BCUT2D eigenvalue weighted by atomic mass is 16.3. The molecule has 2 rings (SSSR count). The van der Waals surface area contributed by atoms with Crippen LogP contribution in [0.25, 0.3) is 0 Å². The van der Waals surface area contributed by atoms with E-state index < -0.39 is 0 Å². The molecule has 3 N–H and O–H groups in total. The van der Waals surface area contributed by atoms with Crippen molar-refractivity contribution in [2.24, 2.45) is 5.92 Å². The summed E-state index contributed by atoms with van der Waals surface area (Å²) in [5.74, 6) is 0.872. The molecule has 0 aromatic carbocycles. The van der Waals surface area contributed by atoms with Gasteiger partial charge >= 0.3 is 0 Å². The van der Waals surface area contributed by atoms with Gasteiger partial charge in [-0.05, 0) is 51.1 Å². The van der Waals surface area contributed by atoms with Crippen molar-refractivity contribution in [1.29, 1.82) is 0 Å². The molecule has 2 fully saturated rings. The van der Waals surface area contributed by atoms with Gasteiger partial charge in [0.2, 0.25) is 5.91 Å². The minimum absolute atomic E-state index is 0.0353. The van der Waals surface area contributed by atoms with Crippen LogP contribution in [0, 0.1) is 5.92 Å². The molecule has 5 nitrogen and oxygen atoms in total. The number of aliphatic hydroxyl groups is 1. The minimum Gasteiger partial charge on any atom is -0.392 e. The Hall–Kier alpha value is -0.650. The molecule has 0 aromatic rings. The van der Waals surface area contributed by atoms with E-state index in [0.29, 0.717) is 13.0 Å². The average molecular weight is 283 g/mol. The smallest absolute Gasteiger partial charge is 0.237 e. The summed E-state index contributed by atoms with van der Waals surface area (Å²) in [7, 11) is 0. The Bertz CT molecular complexity index is 311. The molecule has 1 amide bonds. The van der Waals surface area contributed by atoms with E-state index in [1.54, 1.807) is 0 Å². The summed E-state index contributed by atoms with van der Waals surface area (Å²) in [6.45, 7) is 7.23. The number of β-amino-alcohol motifs (C(OH)–C–C–N with tert-alkyl or cyclic N) is 1. The number of likely N-dealkylation sites (tertiary alicyclic amines) is 1. The van der Waals surface area contributed by atoms with Crippen LogP contribution in [0.1, 0.15) is 39.0 Å². The molecule has 0 aliphatic carbocycles. The Morgan fingerprint density at radius 2 is 2.30 bits per heavy atom. The van der Waals surface area contributed by atoms with E-state index in [1.807, 2.05) is 0 Å². The van der Waals surface area contributed by atoms with E-state index in [4.69, 9.17) is 0 Å². The number of carbonyl (C=O) groups excluding carboxylic acids is 1. The number of nitrogens with one attached hydrogen (secondary N) is 2. The van der Waals surface area contributed by atoms with Gasteiger partial charge in [0.05, 0.1) is 12.1 Å². The molecule has 0 bridgehead atoms. The van der Waals surface area contributed by atoms with Gasteiger partial charge in [-0.1, -0.05) is 6.92 Å². The van der Waals surface area contributed by atoms with Crippen molar-refractivity contribution in [2.75, 3.05) is 32.7 Å². The number of unbranched alkanes of at least 4 members (excludes halogenated alkanes) is 1. The Balaban J connectivity index is 1.50. The molecule has 0 spiro atoms. The van der Waals surface area contributed by atoms with Crippen LogP contribution in [0.2, 0.25) is 0 Å². The Kier molecular flexibility index (Phi) is 6.26. The highest BCUT2D eigenvalue weighted by Crippen LogP contribution is 2.15. The molecule has 2 aliphatic heterocycles. The van der Waals surface area contributed by atoms with Gasteiger partial charge in [-0.3, -0.25) is 4.79 Å². The summed E-state index contributed by atoms with van der Waals surface area (Å²) >= 11 is 0. The zero-order chi connectivity index (χ0) is 14.4. The molecule has 0 saturated carbocycles. The molecule has 116 valence electrons. The molecule has 2 saturated heterocycles. The normalized spacial score (nSPS) is 31.4. The molecule has 20 heavy (non-hydrogen) atoms. The minimum atomic E-state index is -0.369. The number of hydrogen-bond donors (Lipinski definition) is 3. The Morgan fingerprint density at radius 3 is 3.00 bits per heavy atom. The highest BCUT2D eigenvalue weighted by Gasteiger charge is 2.27. The predicted molar refractivity (Wildman–Crippen MR) is 79.5 cm³/mol. The second kappa shape index (κ2) is 7.96. The van der Waals surface area contributed by atoms with Crippen LogP contribution < -0.4 is 10.6 Å². The molecule has 5 heteroatoms. The summed E-state index contributed by atoms with van der Waals surface area (Å²) < 4.78 is 0. The lowest BCUT2D eigenvalue weighted by Crippen LogP contribution is -2.41. The Morgan fingerprint density at radius 1 is 1.45 bits per heavy atom. The van der Waals surface area contributed by atoms with Crippen molar-refractivity contribution in [3.8, 4) is 0 Å². The zero-order valence-corrected chi connectivity index (χ0v) is 12.6. The predicted octanol–water partition coefficient (Wildman–Crippen LogP) is 0.338. The zero-order valence-electron chi connectivity index (χ0n) is 12.6. The molecule has 3 unspecified atom stereocenters. The summed E-state index contributed by atoms with van der Waals surface area (Å²) in [6, 6.07) is -0.201. The second-order valence-corrected chi connectivity index (χ2v) is 6.40. The van der Waals surface area contributed by atoms with Crippen LogP contribution in [0.4, 0.5) is 0 Å². The first-order valence-electron chi connectivity index (χ1n) is 8.06. The number of rotatable bonds is 6. The van der Waals surface area contributed by atoms with Gasteiger partial charge in [0.25, 0.3) is 0 Å². The number of hydrogen-bond acceptors (Lipinski definition) is 4. The summed E-state index contributed by atoms with van der Waals surface area (Å²) in [6.07, 6.45) is 5.05. The number of carbonyl (C=O) groups is 1. The molecular weight excluding hydrogens is 254 g/mol. The third kappa shape index (κ3) is 5.04. The second-order valence-electron chi connectivity index (χ2n) is 6.40. The van der Waals surface area contributed by atoms with E-state index in [2.05, 4.69) is 22.5 Å². The van der Waals surface area contributed by atoms with E-state index in [1.165, 1.54) is 25.9 Å². The maximum atomic E-state index is 11.8. The third-order valence-electron chi connectivity index (χ3n) is 4.37. The SMILES string of the molecule is CC1CCCN(CCCCNC(=O)C2CC(O)CN2)C1. The van der Waals surface area contributed by atoms with Crippen molar-refractivity contribution < 1.29 is 9.90 Å². The number of nitrogens with zero attached hydrogens (tertiary/aromatic N) is 1. The lowest BCUT2D eigenvalue weighted by atomic mass is 10.0. The summed E-state index contributed by atoms with van der Waals surface area (Å²) in [5, 5.41) is 15.4. The maximum Gasteiger partial charge on any atom is 0.237 e. The third-order valence-corrected chi connectivity index (χ3v) is 4.37. The van der Waals surface area contributed by atoms with E-state index >= 15 is 0 Å². The lowest BCUT2D eigenvalue weighted by Gasteiger charge is -2.30. The van der Waals surface area contributed by atoms with Crippen molar-refractivity contribution in [1.82, 2.24) is 15.5 Å². The summed E-state index contributed by atoms with van der Waals surface area (Å²) in [5.41, 5.74) is 0. The van der Waals surface area contributed by atoms with E-state index in [0.717, 1.165) is 31.8 Å². The van der Waals surface area contributed by atoms with Crippen LogP contribution in [0.5, 0.6) is 0 Å². The van der Waals surface area contributed by atoms with Gasteiger partial charge in [-0.15, -0.1) is 0 Å². The van der Waals surface area contributed by atoms with Gasteiger partial charge < -0.3 is 20.6 Å². The van der Waals surface area contributed by atoms with E-state index in [-0.39, 0.29) is 18.1 Å². The standard InChI is InChI=1S/C15H29N3O2/c1-12-5-4-8-18(11-12)7-3-2-6-16-15(20)14-9-13(19)10-17-14/h12-14,17,19H,2-11H2,1H3,(H,16,20). The fourth-order valence-electron chi connectivity index (χ4n) is 3.20. The van der Waals surface area contributed by atoms with Crippen LogP contribution in [0.3, 0.4) is 0 Å². The van der Waals surface area contributed by atoms with Gasteiger partial charge in [-0.2, -0.15) is 0 Å². The van der Waals surface area contributed by atoms with Gasteiger partial charge in [0.15, 0.2) is 0 Å². The molecule has 3 atom stereocenters. The first-order chi connectivity index (χ1) is 9.65. The van der Waals surface area contributed by atoms with Crippen molar-refractivity contribution >= 4 is 5.91 Å². The molecule has 2 heterocycles. The molecule has 0 radical (unpaired) electrons. The Labute approximate surface area is 122 Å². The van der Waals surface area contributed by atoms with Crippen molar-refractivity contribution in [3.05, 3.63) is 0 Å². The lowest BCUT2D eigenvalue weighted by molar-refractivity contribution is -0.122. The van der Waals surface area contributed by atoms with Crippen LogP contribution >= 0.6 is 0 Å². The highest BCUT2D eigenvalue weighted by molar-refractivity contribution is 5.82. The quantitative estimate of drug-likeness (QED) is 0.615. The fraction of sp³-hybridized carbons (Fsp3) is 0.933. The number of piperidine rings is 1. The number of amides is 1. The van der Waals surface area contributed by atoms with Crippen LogP contribution in [-0.4, -0.2) is 60.8 Å². The van der Waals surface area contributed by atoms with Crippen molar-refractivity contribution in [3.63, 3.8) is 0 Å². The van der Waals surface area contributed by atoms with Gasteiger partial charge in [-0.25, -0.2) is 0 Å². The average Bonchev–Trinajstić information content (AvgIpc) is 2.85. The molecule has 2 aliphatic rings.